The molecule has 6 heteroatoms. The summed E-state index contributed by atoms with van der Waals surface area (Å²) in [5.74, 6) is -0.845. The van der Waals surface area contributed by atoms with E-state index in [2.05, 4.69) is 0 Å². The molecular formula is C27H19ClFNO3. The molecular weight excluding hydrogens is 441 g/mol. The number of rotatable bonds is 4. The summed E-state index contributed by atoms with van der Waals surface area (Å²) in [6.45, 7) is -0.258. The van der Waals surface area contributed by atoms with E-state index >= 15 is 0 Å². The summed E-state index contributed by atoms with van der Waals surface area (Å²) in [6, 6.07) is 18.7. The number of carbonyl (C=O) groups excluding carboxylic acids is 1. The van der Waals surface area contributed by atoms with Crippen molar-refractivity contribution in [1.82, 2.24) is 4.98 Å². The number of allylic oxidation sites excluding steroid dienone is 1. The molecule has 164 valence electrons. The highest BCUT2D eigenvalue weighted by Crippen LogP contribution is 2.38. The summed E-state index contributed by atoms with van der Waals surface area (Å²) in [5.41, 5.74) is 4.82. The smallest absolute Gasteiger partial charge is 0.339 e. The van der Waals surface area contributed by atoms with Gasteiger partial charge in [0, 0.05) is 10.9 Å². The molecule has 0 fully saturated rings. The number of nitrogens with zero attached hydrogens (tertiary/aromatic N) is 1. The highest BCUT2D eigenvalue weighted by Gasteiger charge is 2.28. The molecule has 4 nitrogen and oxygen atoms in total. The molecule has 0 aliphatic heterocycles. The lowest BCUT2D eigenvalue weighted by atomic mass is 10.0. The molecule has 0 unspecified atom stereocenters. The summed E-state index contributed by atoms with van der Waals surface area (Å²) in [5, 5.41) is 10.5. The molecule has 0 radical (unpaired) electrons. The number of benzene rings is 3. The van der Waals surface area contributed by atoms with Crippen molar-refractivity contribution >= 4 is 40.1 Å². The molecule has 1 aliphatic rings. The predicted octanol–water partition coefficient (Wildman–Crippen LogP) is 6.58. The van der Waals surface area contributed by atoms with Gasteiger partial charge in [0.05, 0.1) is 21.8 Å². The van der Waals surface area contributed by atoms with Crippen molar-refractivity contribution in [3.63, 3.8) is 0 Å². The van der Waals surface area contributed by atoms with Crippen molar-refractivity contribution in [2.75, 3.05) is 0 Å². The number of hydrogen-bond acceptors (Lipinski definition) is 4. The van der Waals surface area contributed by atoms with Crippen molar-refractivity contribution in [3.05, 3.63) is 106 Å². The van der Waals surface area contributed by atoms with Crippen molar-refractivity contribution in [2.24, 2.45) is 0 Å². The van der Waals surface area contributed by atoms with Gasteiger partial charge in [-0.25, -0.2) is 14.2 Å². The van der Waals surface area contributed by atoms with Crippen molar-refractivity contribution in [3.8, 4) is 5.75 Å². The Morgan fingerprint density at radius 3 is 2.64 bits per heavy atom. The summed E-state index contributed by atoms with van der Waals surface area (Å²) in [7, 11) is 0. The molecule has 0 spiro atoms. The molecule has 0 bridgehead atoms. The average molecular weight is 460 g/mol. The van der Waals surface area contributed by atoms with E-state index in [4.69, 9.17) is 21.3 Å². The van der Waals surface area contributed by atoms with Gasteiger partial charge in [0.15, 0.2) is 0 Å². The molecule has 4 aromatic rings. The number of aromatic nitrogens is 1. The van der Waals surface area contributed by atoms with E-state index in [-0.39, 0.29) is 22.9 Å². The third-order valence-electron chi connectivity index (χ3n) is 5.79. The Labute approximate surface area is 194 Å². The normalized spacial score (nSPS) is 13.9. The Bertz CT molecular complexity index is 1390. The van der Waals surface area contributed by atoms with Gasteiger partial charge >= 0.3 is 5.97 Å². The Kier molecular flexibility index (Phi) is 5.56. The van der Waals surface area contributed by atoms with E-state index in [1.165, 1.54) is 12.1 Å². The lowest BCUT2D eigenvalue weighted by Gasteiger charge is -2.13. The van der Waals surface area contributed by atoms with Gasteiger partial charge in [-0.3, -0.25) is 0 Å². The monoisotopic (exact) mass is 459 g/mol. The largest absolute Gasteiger partial charge is 0.508 e. The molecule has 3 aromatic carbocycles. The minimum atomic E-state index is -0.532. The van der Waals surface area contributed by atoms with E-state index in [1.54, 1.807) is 18.2 Å². The number of esters is 1. The van der Waals surface area contributed by atoms with Crippen molar-refractivity contribution in [1.29, 1.82) is 0 Å². The van der Waals surface area contributed by atoms with E-state index in [1.807, 2.05) is 42.5 Å². The number of hydrogen-bond donors (Lipinski definition) is 1. The van der Waals surface area contributed by atoms with Gasteiger partial charge in [-0.1, -0.05) is 48.0 Å². The predicted molar refractivity (Wildman–Crippen MR) is 127 cm³/mol. The molecule has 0 saturated carbocycles. The molecule has 5 rings (SSSR count). The number of halogens is 2. The quantitative estimate of drug-likeness (QED) is 0.350. The van der Waals surface area contributed by atoms with Crippen LogP contribution < -0.4 is 0 Å². The van der Waals surface area contributed by atoms with Gasteiger partial charge in [-0.05, 0) is 65.9 Å². The highest BCUT2D eigenvalue weighted by atomic mass is 35.5. The topological polar surface area (TPSA) is 59.4 Å². The second-order valence-electron chi connectivity index (χ2n) is 7.87. The number of phenols is 1. The van der Waals surface area contributed by atoms with E-state index in [9.17, 15) is 14.3 Å². The minimum absolute atomic E-state index is 0.149. The first-order chi connectivity index (χ1) is 16.0. The van der Waals surface area contributed by atoms with Crippen LogP contribution in [0.15, 0.2) is 66.7 Å². The maximum Gasteiger partial charge on any atom is 0.339 e. The Balaban J connectivity index is 1.55. The molecule has 1 aromatic heterocycles. The third-order valence-corrected chi connectivity index (χ3v) is 6.14. The Morgan fingerprint density at radius 2 is 1.85 bits per heavy atom. The minimum Gasteiger partial charge on any atom is -0.508 e. The molecule has 0 saturated heterocycles. The highest BCUT2D eigenvalue weighted by molar-refractivity contribution is 6.31. The summed E-state index contributed by atoms with van der Waals surface area (Å²) >= 11 is 6.09. The maximum absolute atomic E-state index is 14.2. The van der Waals surface area contributed by atoms with Gasteiger partial charge in [0.2, 0.25) is 0 Å². The molecule has 1 aliphatic carbocycles. The van der Waals surface area contributed by atoms with Gasteiger partial charge in [0.25, 0.3) is 0 Å². The number of fused-ring (bicyclic) bond motifs is 2. The van der Waals surface area contributed by atoms with Gasteiger partial charge in [-0.15, -0.1) is 0 Å². The second-order valence-corrected chi connectivity index (χ2v) is 8.28. The van der Waals surface area contributed by atoms with Crippen LogP contribution >= 0.6 is 11.6 Å². The summed E-state index contributed by atoms with van der Waals surface area (Å²) < 4.78 is 19.7. The zero-order valence-corrected chi connectivity index (χ0v) is 18.3. The first-order valence-corrected chi connectivity index (χ1v) is 10.9. The maximum atomic E-state index is 14.2. The molecule has 1 heterocycles. The third kappa shape index (κ3) is 4.08. The van der Waals surface area contributed by atoms with Crippen molar-refractivity contribution < 1.29 is 19.0 Å². The SMILES string of the molecule is O=C(OCc1c(F)cccc1Cl)c1c2c(nc3ccccc13)C(=Cc1ccc(O)cc1)CC2. The molecule has 33 heavy (non-hydrogen) atoms. The first kappa shape index (κ1) is 21.2. The first-order valence-electron chi connectivity index (χ1n) is 10.5. The van der Waals surface area contributed by atoms with Gasteiger partial charge in [-0.2, -0.15) is 0 Å². The van der Waals surface area contributed by atoms with Crippen LogP contribution in [0.4, 0.5) is 4.39 Å². The van der Waals surface area contributed by atoms with Gasteiger partial charge in [0.1, 0.15) is 18.2 Å². The van der Waals surface area contributed by atoms with Crippen LogP contribution in [0.1, 0.15) is 39.2 Å². The fourth-order valence-electron chi connectivity index (χ4n) is 4.16. The van der Waals surface area contributed by atoms with E-state index < -0.39 is 11.8 Å². The lowest BCUT2D eigenvalue weighted by molar-refractivity contribution is 0.0470. The number of pyridine rings is 1. The zero-order chi connectivity index (χ0) is 22.9. The zero-order valence-electron chi connectivity index (χ0n) is 17.5. The Morgan fingerprint density at radius 1 is 1.06 bits per heavy atom. The van der Waals surface area contributed by atoms with Crippen LogP contribution in [-0.4, -0.2) is 16.1 Å². The van der Waals surface area contributed by atoms with Crippen LogP contribution in [0.2, 0.25) is 5.02 Å². The number of carbonyl (C=O) groups is 1. The van der Waals surface area contributed by atoms with Crippen LogP contribution in [0.5, 0.6) is 5.75 Å². The van der Waals surface area contributed by atoms with Gasteiger partial charge < -0.3 is 9.84 Å². The van der Waals surface area contributed by atoms with E-state index in [0.717, 1.165) is 28.8 Å². The molecule has 0 atom stereocenters. The number of ether oxygens (including phenoxy) is 1. The Hall–Kier alpha value is -3.70. The average Bonchev–Trinajstić information content (AvgIpc) is 3.20. The number of para-hydroxylation sites is 1. The fraction of sp³-hybridized carbons (Fsp3) is 0.111. The summed E-state index contributed by atoms with van der Waals surface area (Å²) in [4.78, 5) is 18.1. The second kappa shape index (κ2) is 8.68. The number of aromatic hydroxyl groups is 1. The van der Waals surface area contributed by atoms with Crippen LogP contribution in [0.3, 0.4) is 0 Å². The van der Waals surface area contributed by atoms with Crippen molar-refractivity contribution in [2.45, 2.75) is 19.4 Å². The number of phenolic OH excluding ortho intramolecular Hbond substituents is 1. The molecule has 0 amide bonds. The van der Waals surface area contributed by atoms with E-state index in [0.29, 0.717) is 22.9 Å². The molecule has 1 N–H and O–H groups in total. The van der Waals surface area contributed by atoms with Crippen LogP contribution in [0.25, 0.3) is 22.6 Å². The van der Waals surface area contributed by atoms with Crippen LogP contribution in [0, 0.1) is 5.82 Å². The van der Waals surface area contributed by atoms with Crippen LogP contribution in [-0.2, 0) is 17.8 Å². The summed E-state index contributed by atoms with van der Waals surface area (Å²) in [6.07, 6.45) is 3.38. The lowest BCUT2D eigenvalue weighted by Crippen LogP contribution is -2.11. The fourth-order valence-corrected chi connectivity index (χ4v) is 4.38. The standard InChI is InChI=1S/C27H19ClFNO3/c28-22-5-3-6-23(29)21(22)15-33-27(32)25-19-4-1-2-7-24(19)30-26-17(10-13-20(25)26)14-16-8-11-18(31)12-9-16/h1-9,11-12,14,31H,10,13,15H2.